The third-order valence-electron chi connectivity index (χ3n) is 2.18. The van der Waals surface area contributed by atoms with Gasteiger partial charge in [0.15, 0.2) is 0 Å². The van der Waals surface area contributed by atoms with Crippen molar-refractivity contribution in [2.24, 2.45) is 0 Å². The molecule has 0 fully saturated rings. The molecule has 0 saturated carbocycles. The Morgan fingerprint density at radius 1 is 1.39 bits per heavy atom. The lowest BCUT2D eigenvalue weighted by Crippen LogP contribution is -2.37. The van der Waals surface area contributed by atoms with Gasteiger partial charge < -0.3 is 10.4 Å². The van der Waals surface area contributed by atoms with Gasteiger partial charge in [0.1, 0.15) is 6.04 Å². The minimum atomic E-state index is -1.01. The molecule has 0 aromatic heterocycles. The maximum absolute atomic E-state index is 10.7. The molecule has 1 aromatic rings. The van der Waals surface area contributed by atoms with Crippen LogP contribution in [-0.4, -0.2) is 35.0 Å². The molecule has 1 atom stereocenters. The minimum Gasteiger partial charge on any atom is -0.480 e. The number of nitrogens with one attached hydrogen (secondary N) is 1. The molecule has 96 valence electrons. The van der Waals surface area contributed by atoms with Crippen molar-refractivity contribution in [3.05, 3.63) is 42.0 Å². The summed E-state index contributed by atoms with van der Waals surface area (Å²) < 4.78 is 0. The van der Waals surface area contributed by atoms with Crippen LogP contribution in [0.15, 0.2) is 36.4 Å². The number of thioether (sulfide) groups is 1. The highest BCUT2D eigenvalue weighted by molar-refractivity contribution is 7.99. The molecule has 0 saturated heterocycles. The second-order valence-electron chi connectivity index (χ2n) is 3.53. The average Bonchev–Trinajstić information content (AvgIpc) is 2.38. The topological polar surface area (TPSA) is 66.4 Å². The molecule has 0 heterocycles. The number of carboxylic acid groups (broad SMARTS) is 1. The summed E-state index contributed by atoms with van der Waals surface area (Å²) in [5.74, 6) is 0.0495. The van der Waals surface area contributed by atoms with E-state index in [9.17, 15) is 9.59 Å². The maximum Gasteiger partial charge on any atom is 0.327 e. The highest BCUT2D eigenvalue weighted by Crippen LogP contribution is 2.06. The van der Waals surface area contributed by atoms with Crippen LogP contribution < -0.4 is 5.32 Å². The molecule has 18 heavy (non-hydrogen) atoms. The van der Waals surface area contributed by atoms with Gasteiger partial charge in [-0.3, -0.25) is 4.79 Å². The highest BCUT2D eigenvalue weighted by atomic mass is 32.2. The standard InChI is InChI=1S/C13H15NO3S/c15-10-14-12(13(16)17)9-18-8-4-7-11-5-2-1-3-6-11/h1-7,10,12H,8-9H2,(H,14,15)(H,16,17). The van der Waals surface area contributed by atoms with Crippen molar-refractivity contribution < 1.29 is 14.7 Å². The number of hydrogen-bond donors (Lipinski definition) is 2. The Morgan fingerprint density at radius 2 is 2.11 bits per heavy atom. The molecule has 1 amide bonds. The van der Waals surface area contributed by atoms with E-state index in [4.69, 9.17) is 5.11 Å². The Morgan fingerprint density at radius 3 is 2.72 bits per heavy atom. The molecular formula is C13H15NO3S. The van der Waals surface area contributed by atoms with Crippen LogP contribution in [0.5, 0.6) is 0 Å². The maximum atomic E-state index is 10.7. The summed E-state index contributed by atoms with van der Waals surface area (Å²) in [5, 5.41) is 11.1. The summed E-state index contributed by atoms with van der Waals surface area (Å²) in [7, 11) is 0. The SMILES string of the molecule is O=CNC(CSCC=Cc1ccccc1)C(=O)O. The summed E-state index contributed by atoms with van der Waals surface area (Å²) in [4.78, 5) is 20.9. The van der Waals surface area contributed by atoms with Crippen molar-refractivity contribution >= 4 is 30.2 Å². The van der Waals surface area contributed by atoms with Crippen LogP contribution in [0.2, 0.25) is 0 Å². The van der Waals surface area contributed by atoms with Crippen LogP contribution in [0.3, 0.4) is 0 Å². The van der Waals surface area contributed by atoms with Gasteiger partial charge in [0.25, 0.3) is 0 Å². The number of benzene rings is 1. The Labute approximate surface area is 110 Å². The number of carbonyl (C=O) groups excluding carboxylic acids is 1. The summed E-state index contributed by atoms with van der Waals surface area (Å²) in [6.07, 6.45) is 4.37. The largest absolute Gasteiger partial charge is 0.480 e. The lowest BCUT2D eigenvalue weighted by molar-refractivity contribution is -0.139. The van der Waals surface area contributed by atoms with Gasteiger partial charge in [-0.1, -0.05) is 42.5 Å². The molecule has 1 rings (SSSR count). The van der Waals surface area contributed by atoms with Crippen LogP contribution in [0.25, 0.3) is 6.08 Å². The molecule has 0 aliphatic heterocycles. The van der Waals surface area contributed by atoms with E-state index in [1.54, 1.807) is 0 Å². The Balaban J connectivity index is 2.27. The fraction of sp³-hybridized carbons (Fsp3) is 0.231. The van der Waals surface area contributed by atoms with Crippen LogP contribution in [0, 0.1) is 0 Å². The first-order valence-corrected chi connectivity index (χ1v) is 6.61. The van der Waals surface area contributed by atoms with E-state index in [0.717, 1.165) is 5.56 Å². The molecule has 0 spiro atoms. The lowest BCUT2D eigenvalue weighted by atomic mass is 10.2. The van der Waals surface area contributed by atoms with Crippen LogP contribution >= 0.6 is 11.8 Å². The summed E-state index contributed by atoms with van der Waals surface area (Å²) in [6.45, 7) is 0. The van der Waals surface area contributed by atoms with Crippen molar-refractivity contribution in [3.63, 3.8) is 0 Å². The zero-order valence-corrected chi connectivity index (χ0v) is 10.6. The molecule has 0 aliphatic carbocycles. The lowest BCUT2D eigenvalue weighted by Gasteiger charge is -2.09. The van der Waals surface area contributed by atoms with E-state index in [1.807, 2.05) is 42.5 Å². The van der Waals surface area contributed by atoms with Crippen molar-refractivity contribution in [1.29, 1.82) is 0 Å². The fourth-order valence-electron chi connectivity index (χ4n) is 1.28. The zero-order chi connectivity index (χ0) is 13.2. The first-order valence-electron chi connectivity index (χ1n) is 5.46. The van der Waals surface area contributed by atoms with Crippen LogP contribution in [0.4, 0.5) is 0 Å². The molecule has 0 aliphatic rings. The second-order valence-corrected chi connectivity index (χ2v) is 4.60. The fourth-order valence-corrected chi connectivity index (χ4v) is 2.12. The molecular weight excluding hydrogens is 250 g/mol. The van der Waals surface area contributed by atoms with Gasteiger partial charge in [-0.25, -0.2) is 4.79 Å². The van der Waals surface area contributed by atoms with Gasteiger partial charge in [-0.2, -0.15) is 11.8 Å². The van der Waals surface area contributed by atoms with Gasteiger partial charge in [-0.15, -0.1) is 0 Å². The molecule has 2 N–H and O–H groups in total. The Hall–Kier alpha value is -1.75. The van der Waals surface area contributed by atoms with Gasteiger partial charge in [0.05, 0.1) is 0 Å². The van der Waals surface area contributed by atoms with E-state index in [2.05, 4.69) is 5.32 Å². The highest BCUT2D eigenvalue weighted by Gasteiger charge is 2.14. The minimum absolute atomic E-state index is 0.354. The quantitative estimate of drug-likeness (QED) is 0.554. The predicted octanol–water partition coefficient (Wildman–Crippen LogP) is 1.63. The molecule has 5 heteroatoms. The number of hydrogen-bond acceptors (Lipinski definition) is 3. The second kappa shape index (κ2) is 8.36. The third-order valence-corrected chi connectivity index (χ3v) is 3.17. The smallest absolute Gasteiger partial charge is 0.327 e. The average molecular weight is 265 g/mol. The molecule has 4 nitrogen and oxygen atoms in total. The van der Waals surface area contributed by atoms with E-state index in [-0.39, 0.29) is 0 Å². The van der Waals surface area contributed by atoms with Crippen molar-refractivity contribution in [2.45, 2.75) is 6.04 Å². The first kappa shape index (κ1) is 14.3. The van der Waals surface area contributed by atoms with E-state index >= 15 is 0 Å². The van der Waals surface area contributed by atoms with E-state index in [1.165, 1.54) is 11.8 Å². The normalized spacial score (nSPS) is 12.2. The van der Waals surface area contributed by atoms with Crippen molar-refractivity contribution in [2.75, 3.05) is 11.5 Å². The summed E-state index contributed by atoms with van der Waals surface area (Å²) >= 11 is 1.46. The van der Waals surface area contributed by atoms with Crippen LogP contribution in [-0.2, 0) is 9.59 Å². The first-order chi connectivity index (χ1) is 8.74. The molecule has 1 unspecified atom stereocenters. The van der Waals surface area contributed by atoms with Crippen LogP contribution in [0.1, 0.15) is 5.56 Å². The monoisotopic (exact) mass is 265 g/mol. The molecule has 0 radical (unpaired) electrons. The number of rotatable bonds is 8. The van der Waals surface area contributed by atoms with E-state index < -0.39 is 12.0 Å². The zero-order valence-electron chi connectivity index (χ0n) is 9.78. The number of carbonyl (C=O) groups is 2. The Kier molecular flexibility index (Phi) is 6.64. The van der Waals surface area contributed by atoms with Gasteiger partial charge in [0, 0.05) is 11.5 Å². The summed E-state index contributed by atoms with van der Waals surface area (Å²) in [5.41, 5.74) is 1.11. The predicted molar refractivity (Wildman–Crippen MR) is 73.4 cm³/mol. The number of amides is 1. The third kappa shape index (κ3) is 5.54. The number of carboxylic acids is 1. The summed E-state index contributed by atoms with van der Waals surface area (Å²) in [6, 6.07) is 9.04. The van der Waals surface area contributed by atoms with Gasteiger partial charge in [0.2, 0.25) is 6.41 Å². The Bertz CT molecular complexity index is 406. The molecule has 0 bridgehead atoms. The van der Waals surface area contributed by atoms with Gasteiger partial charge >= 0.3 is 5.97 Å². The molecule has 1 aromatic carbocycles. The van der Waals surface area contributed by atoms with E-state index in [0.29, 0.717) is 17.9 Å². The van der Waals surface area contributed by atoms with Crippen molar-refractivity contribution in [3.8, 4) is 0 Å². The number of aliphatic carboxylic acids is 1. The van der Waals surface area contributed by atoms with Gasteiger partial charge in [-0.05, 0) is 5.56 Å². The van der Waals surface area contributed by atoms with Crippen molar-refractivity contribution in [1.82, 2.24) is 5.32 Å².